The fourth-order valence-electron chi connectivity index (χ4n) is 4.44. The summed E-state index contributed by atoms with van der Waals surface area (Å²) in [4.78, 5) is 111. The molecule has 1 rings (SSSR count). The Morgan fingerprint density at radius 1 is 0.896 bits per heavy atom. The highest BCUT2D eigenvalue weighted by molar-refractivity contribution is 7.46. The molecule has 0 aromatic heterocycles. The van der Waals surface area contributed by atoms with E-state index in [1.54, 1.807) is 0 Å². The molecule has 6 atom stereocenters. The Kier molecular flexibility index (Phi) is 16.9. The summed E-state index contributed by atoms with van der Waals surface area (Å²) < 4.78 is 15.9. The van der Waals surface area contributed by atoms with Gasteiger partial charge in [0.25, 0.3) is 0 Å². The van der Waals surface area contributed by atoms with E-state index in [2.05, 4.69) is 30.8 Å². The summed E-state index contributed by atoms with van der Waals surface area (Å²) in [6.45, 7) is 1.60. The molecule has 23 heteroatoms. The van der Waals surface area contributed by atoms with Crippen LogP contribution in [-0.2, 0) is 42.7 Å². The number of phosphoric acid groups is 1. The number of carbonyl (C=O) groups is 7. The van der Waals surface area contributed by atoms with Gasteiger partial charge in [0, 0.05) is 19.5 Å². The van der Waals surface area contributed by atoms with E-state index >= 15 is 0 Å². The van der Waals surface area contributed by atoms with Crippen molar-refractivity contribution in [2.75, 3.05) is 19.7 Å². The molecule has 0 saturated carbocycles. The second-order valence-corrected chi connectivity index (χ2v) is 12.2. The van der Waals surface area contributed by atoms with Crippen molar-refractivity contribution in [3.63, 3.8) is 0 Å². The lowest BCUT2D eigenvalue weighted by Gasteiger charge is -2.28. The quantitative estimate of drug-likeness (QED) is 0.0244. The van der Waals surface area contributed by atoms with E-state index in [9.17, 15) is 53.0 Å². The third kappa shape index (κ3) is 15.0. The van der Waals surface area contributed by atoms with Crippen molar-refractivity contribution in [2.45, 2.75) is 88.6 Å². The first-order valence-electron chi connectivity index (χ1n) is 14.8. The summed E-state index contributed by atoms with van der Waals surface area (Å²) in [6.07, 6.45) is -0.0858. The smallest absolute Gasteiger partial charge is 0.469 e. The summed E-state index contributed by atoms with van der Waals surface area (Å²) in [6, 6.07) is -8.21. The number of nitrogens with zero attached hydrogens (tertiary/aromatic N) is 2. The van der Waals surface area contributed by atoms with Gasteiger partial charge in [0.2, 0.25) is 35.4 Å². The number of nitrogens with two attached hydrogens (primary N) is 4. The molecule has 1 aliphatic rings. The second-order valence-electron chi connectivity index (χ2n) is 11.0. The predicted molar refractivity (Wildman–Crippen MR) is 166 cm³/mol. The molecule has 0 aromatic carbocycles. The van der Waals surface area contributed by atoms with Crippen LogP contribution in [0.4, 0.5) is 0 Å². The number of amides is 6. The van der Waals surface area contributed by atoms with Crippen LogP contribution in [0.15, 0.2) is 4.99 Å². The van der Waals surface area contributed by atoms with Gasteiger partial charge in [-0.15, -0.1) is 0 Å². The predicted octanol–water partition coefficient (Wildman–Crippen LogP) is -5.20. The maximum absolute atomic E-state index is 13.4. The first kappa shape index (κ1) is 41.7. The number of hydrogen-bond donors (Lipinski definition) is 11. The number of aliphatic imine (C=N–C) groups is 1. The molecule has 15 N–H and O–H groups in total. The minimum Gasteiger partial charge on any atom is -0.480 e. The van der Waals surface area contributed by atoms with Gasteiger partial charge in [-0.05, 0) is 46.0 Å². The van der Waals surface area contributed by atoms with E-state index in [4.69, 9.17) is 22.9 Å². The largest absolute Gasteiger partial charge is 0.480 e. The molecule has 0 unspecified atom stereocenters. The number of nitrogens with one attached hydrogen (secondary N) is 4. The van der Waals surface area contributed by atoms with Crippen LogP contribution in [-0.4, -0.2) is 123 Å². The van der Waals surface area contributed by atoms with Crippen LogP contribution < -0.4 is 44.2 Å². The number of aliphatic carboxylic acids is 1. The van der Waals surface area contributed by atoms with Crippen LogP contribution in [0.1, 0.15) is 52.4 Å². The molecule has 0 aromatic rings. The monoisotopic (exact) mass is 708 g/mol. The van der Waals surface area contributed by atoms with Crippen LogP contribution >= 0.6 is 7.82 Å². The van der Waals surface area contributed by atoms with Gasteiger partial charge in [0.05, 0.1) is 12.6 Å². The van der Waals surface area contributed by atoms with E-state index in [0.717, 1.165) is 4.90 Å². The van der Waals surface area contributed by atoms with E-state index in [1.807, 2.05) is 0 Å². The topological polar surface area (TPSA) is 374 Å². The van der Waals surface area contributed by atoms with E-state index in [0.29, 0.717) is 6.42 Å². The van der Waals surface area contributed by atoms with Gasteiger partial charge in [-0.2, -0.15) is 0 Å². The molecule has 6 amide bonds. The Bertz CT molecular complexity index is 1270. The molecular weight excluding hydrogens is 663 g/mol. The van der Waals surface area contributed by atoms with Gasteiger partial charge in [-0.1, -0.05) is 0 Å². The van der Waals surface area contributed by atoms with E-state index < -0.39 is 92.1 Å². The Labute approximate surface area is 275 Å². The zero-order chi connectivity index (χ0) is 36.8. The average Bonchev–Trinajstić information content (AvgIpc) is 3.47. The molecule has 48 heavy (non-hydrogen) atoms. The van der Waals surface area contributed by atoms with Gasteiger partial charge in [0.1, 0.15) is 30.2 Å². The third-order valence-electron chi connectivity index (χ3n) is 6.90. The third-order valence-corrected chi connectivity index (χ3v) is 7.38. The number of hydrogen-bond acceptors (Lipinski definition) is 11. The van der Waals surface area contributed by atoms with Gasteiger partial charge < -0.3 is 64.0 Å². The molecule has 1 heterocycles. The van der Waals surface area contributed by atoms with Crippen molar-refractivity contribution in [1.29, 1.82) is 0 Å². The molecule has 1 saturated heterocycles. The molecule has 0 bridgehead atoms. The lowest BCUT2D eigenvalue weighted by Crippen LogP contribution is -2.59. The average molecular weight is 709 g/mol. The molecule has 1 fully saturated rings. The molecule has 0 aliphatic carbocycles. The van der Waals surface area contributed by atoms with E-state index in [-0.39, 0.29) is 51.2 Å². The maximum Gasteiger partial charge on any atom is 0.469 e. The highest BCUT2D eigenvalue weighted by atomic mass is 31.2. The Morgan fingerprint density at radius 3 is 1.96 bits per heavy atom. The highest BCUT2D eigenvalue weighted by Crippen LogP contribution is 2.35. The standard InChI is InChI=1S/C25H45N10O12P/c1-12(26)19(37)32-15(7-8-18(27)36)21(39)33-14(5-3-9-30-25(28)29)20(38)34-16(11-47-48(44,45)46)22(40)31-13(2)23(41)35-10-4-6-17(35)24(42)43/h12-17H,3-11,26H2,1-2H3,(H2,27,36)(H,31,40)(H,32,37)(H,33,39)(H,34,38)(H,42,43)(H4,28,29,30)(H2,44,45,46)/t12-,13-,14-,15-,16-,17-/m0/s1. The molecule has 1 aliphatic heterocycles. The summed E-state index contributed by atoms with van der Waals surface area (Å²) in [5.74, 6) is -6.95. The number of guanidine groups is 1. The summed E-state index contributed by atoms with van der Waals surface area (Å²) in [5.41, 5.74) is 21.4. The van der Waals surface area contributed by atoms with Gasteiger partial charge >= 0.3 is 13.8 Å². The van der Waals surface area contributed by atoms with Gasteiger partial charge in [0.15, 0.2) is 5.96 Å². The van der Waals surface area contributed by atoms with Gasteiger partial charge in [-0.25, -0.2) is 9.36 Å². The van der Waals surface area contributed by atoms with Crippen LogP contribution in [0.3, 0.4) is 0 Å². The zero-order valence-corrected chi connectivity index (χ0v) is 27.4. The van der Waals surface area contributed by atoms with Crippen LogP contribution in [0.5, 0.6) is 0 Å². The molecule has 272 valence electrons. The minimum absolute atomic E-state index is 0.00674. The van der Waals surface area contributed by atoms with E-state index in [1.165, 1.54) is 13.8 Å². The Morgan fingerprint density at radius 2 is 1.44 bits per heavy atom. The second kappa shape index (κ2) is 19.5. The molecule has 0 spiro atoms. The van der Waals surface area contributed by atoms with Crippen molar-refractivity contribution < 1.29 is 57.5 Å². The van der Waals surface area contributed by atoms with Crippen LogP contribution in [0.2, 0.25) is 0 Å². The fraction of sp³-hybridized carbons (Fsp3) is 0.680. The number of carboxylic acids is 1. The first-order valence-corrected chi connectivity index (χ1v) is 16.3. The van der Waals surface area contributed by atoms with Crippen molar-refractivity contribution in [3.8, 4) is 0 Å². The van der Waals surface area contributed by atoms with Crippen LogP contribution in [0, 0.1) is 0 Å². The maximum atomic E-state index is 13.4. The number of carbonyl (C=O) groups excluding carboxylic acids is 6. The lowest BCUT2D eigenvalue weighted by atomic mass is 10.1. The fourth-order valence-corrected chi connectivity index (χ4v) is 4.79. The van der Waals surface area contributed by atoms with Crippen molar-refractivity contribution in [1.82, 2.24) is 26.2 Å². The Balaban J connectivity index is 3.25. The number of rotatable bonds is 20. The van der Waals surface area contributed by atoms with Crippen molar-refractivity contribution in [2.24, 2.45) is 27.9 Å². The van der Waals surface area contributed by atoms with Crippen molar-refractivity contribution in [3.05, 3.63) is 0 Å². The SMILES string of the molecule is C[C@H](N)C(=O)N[C@@H](CCC(N)=O)C(=O)N[C@@H](CCCN=C(N)N)C(=O)N[C@@H](COP(=O)(O)O)C(=O)N[C@@H](C)C(=O)N1CCC[C@H]1C(=O)O. The number of phosphoric ester groups is 1. The number of primary amides is 1. The molecule has 0 radical (unpaired) electrons. The van der Waals surface area contributed by atoms with Gasteiger partial charge in [-0.3, -0.25) is 38.3 Å². The van der Waals surface area contributed by atoms with Crippen molar-refractivity contribution >= 4 is 55.2 Å². The normalized spacial score (nSPS) is 17.5. The number of likely N-dealkylation sites (tertiary alicyclic amines) is 1. The molecule has 22 nitrogen and oxygen atoms in total. The molecular formula is C25H45N10O12P. The lowest BCUT2D eigenvalue weighted by molar-refractivity contribution is -0.149. The minimum atomic E-state index is -5.19. The Hall–Kier alpha value is -4.37. The number of carboxylic acid groups (broad SMARTS) is 1. The zero-order valence-electron chi connectivity index (χ0n) is 26.5. The first-order chi connectivity index (χ1) is 22.2. The summed E-state index contributed by atoms with van der Waals surface area (Å²) in [7, 11) is -5.19. The summed E-state index contributed by atoms with van der Waals surface area (Å²) in [5, 5.41) is 18.6. The van der Waals surface area contributed by atoms with Crippen LogP contribution in [0.25, 0.3) is 0 Å². The highest BCUT2D eigenvalue weighted by Gasteiger charge is 2.38. The summed E-state index contributed by atoms with van der Waals surface area (Å²) >= 11 is 0.